The molecule has 0 radical (unpaired) electrons. The number of amides is 2. The average molecular weight is 358 g/mol. The Morgan fingerprint density at radius 1 is 1.11 bits per heavy atom. The van der Waals surface area contributed by atoms with Crippen LogP contribution in [0.1, 0.15) is 28.4 Å². The van der Waals surface area contributed by atoms with Gasteiger partial charge in [-0.05, 0) is 65.9 Å². The lowest BCUT2D eigenvalue weighted by molar-refractivity contribution is -0.122. The first-order valence-corrected chi connectivity index (χ1v) is 9.06. The monoisotopic (exact) mass is 358 g/mol. The highest BCUT2D eigenvalue weighted by Gasteiger charge is 2.24. The van der Waals surface area contributed by atoms with E-state index in [4.69, 9.17) is 4.74 Å². The van der Waals surface area contributed by atoms with E-state index < -0.39 is 6.10 Å². The predicted octanol–water partition coefficient (Wildman–Crippen LogP) is 3.91. The number of hydrogen-bond donors (Lipinski definition) is 2. The number of hydrogen-bond acceptors (Lipinski definition) is 3. The molecule has 0 aromatic heterocycles. The summed E-state index contributed by atoms with van der Waals surface area (Å²) in [5.41, 5.74) is 4.45. The maximum Gasteiger partial charge on any atom is 0.265 e. The molecule has 134 valence electrons. The van der Waals surface area contributed by atoms with Gasteiger partial charge in [0, 0.05) is 11.3 Å². The highest BCUT2D eigenvalue weighted by molar-refractivity contribution is 6.14. The van der Waals surface area contributed by atoms with Crippen LogP contribution < -0.4 is 15.4 Å². The largest absolute Gasteiger partial charge is 0.479 e. The second-order valence-corrected chi connectivity index (χ2v) is 7.03. The summed E-state index contributed by atoms with van der Waals surface area (Å²) < 4.78 is 5.55. The first-order valence-electron chi connectivity index (χ1n) is 9.06. The molecule has 1 heterocycles. The molecule has 1 aliphatic carbocycles. The minimum Gasteiger partial charge on any atom is -0.479 e. The number of nitrogens with one attached hydrogen (secondary N) is 2. The van der Waals surface area contributed by atoms with E-state index >= 15 is 0 Å². The minimum absolute atomic E-state index is 0.165. The Morgan fingerprint density at radius 3 is 2.78 bits per heavy atom. The van der Waals surface area contributed by atoms with Gasteiger partial charge >= 0.3 is 0 Å². The maximum atomic E-state index is 12.9. The van der Waals surface area contributed by atoms with Crippen LogP contribution in [0, 0.1) is 0 Å². The van der Waals surface area contributed by atoms with Crippen molar-refractivity contribution >= 4 is 34.0 Å². The summed E-state index contributed by atoms with van der Waals surface area (Å²) in [5, 5.41) is 7.94. The van der Waals surface area contributed by atoms with Crippen molar-refractivity contribution in [2.75, 3.05) is 10.6 Å². The van der Waals surface area contributed by atoms with Gasteiger partial charge in [-0.2, -0.15) is 0 Å². The van der Waals surface area contributed by atoms with Crippen molar-refractivity contribution < 1.29 is 14.3 Å². The Morgan fingerprint density at radius 2 is 1.93 bits per heavy atom. The van der Waals surface area contributed by atoms with Crippen molar-refractivity contribution in [3.63, 3.8) is 0 Å². The Labute approximate surface area is 156 Å². The van der Waals surface area contributed by atoms with Gasteiger partial charge in [0.15, 0.2) is 6.10 Å². The second kappa shape index (κ2) is 5.84. The first kappa shape index (κ1) is 15.9. The second-order valence-electron chi connectivity index (χ2n) is 7.03. The van der Waals surface area contributed by atoms with Gasteiger partial charge in [0.2, 0.25) is 0 Å². The molecule has 0 saturated carbocycles. The number of fused-ring (bicyclic) bond motifs is 1. The van der Waals surface area contributed by atoms with Crippen molar-refractivity contribution in [3.8, 4) is 5.75 Å². The van der Waals surface area contributed by atoms with E-state index in [0.29, 0.717) is 22.7 Å². The number of ether oxygens (including phenoxy) is 1. The number of benzene rings is 3. The Bertz CT molecular complexity index is 1110. The van der Waals surface area contributed by atoms with Crippen LogP contribution >= 0.6 is 0 Å². The van der Waals surface area contributed by atoms with Gasteiger partial charge in [-0.1, -0.05) is 24.3 Å². The van der Waals surface area contributed by atoms with Gasteiger partial charge in [-0.15, -0.1) is 0 Å². The van der Waals surface area contributed by atoms with Crippen LogP contribution in [0.4, 0.5) is 11.4 Å². The van der Waals surface area contributed by atoms with E-state index in [0.717, 1.165) is 18.2 Å². The summed E-state index contributed by atoms with van der Waals surface area (Å²) in [5.74, 6) is 0.242. The fourth-order valence-electron chi connectivity index (χ4n) is 3.93. The average Bonchev–Trinajstić information content (AvgIpc) is 3.08. The zero-order valence-corrected chi connectivity index (χ0v) is 14.8. The third kappa shape index (κ3) is 2.54. The van der Waals surface area contributed by atoms with Crippen LogP contribution in [-0.4, -0.2) is 17.9 Å². The van der Waals surface area contributed by atoms with Crippen LogP contribution in [0.2, 0.25) is 0 Å². The summed E-state index contributed by atoms with van der Waals surface area (Å²) in [7, 11) is 0. The molecular weight excluding hydrogens is 340 g/mol. The molecule has 5 nitrogen and oxygen atoms in total. The number of carbonyl (C=O) groups is 2. The summed E-state index contributed by atoms with van der Waals surface area (Å²) in [4.78, 5) is 24.7. The third-order valence-corrected chi connectivity index (χ3v) is 5.29. The van der Waals surface area contributed by atoms with Crippen LogP contribution in [0.3, 0.4) is 0 Å². The summed E-state index contributed by atoms with van der Waals surface area (Å²) in [6.45, 7) is 1.70. The molecule has 0 bridgehead atoms. The van der Waals surface area contributed by atoms with Crippen molar-refractivity contribution in [2.24, 2.45) is 0 Å². The molecule has 3 aromatic carbocycles. The highest BCUT2D eigenvalue weighted by atomic mass is 16.5. The molecule has 1 atom stereocenters. The van der Waals surface area contributed by atoms with Crippen molar-refractivity contribution in [1.29, 1.82) is 0 Å². The fraction of sp³-hybridized carbons (Fsp3) is 0.182. The molecule has 27 heavy (non-hydrogen) atoms. The summed E-state index contributed by atoms with van der Waals surface area (Å²) >= 11 is 0. The first-order chi connectivity index (χ1) is 13.1. The number of rotatable bonds is 2. The van der Waals surface area contributed by atoms with Gasteiger partial charge < -0.3 is 15.4 Å². The third-order valence-electron chi connectivity index (χ3n) is 5.29. The van der Waals surface area contributed by atoms with Crippen LogP contribution in [-0.2, 0) is 17.6 Å². The lowest BCUT2D eigenvalue weighted by Crippen LogP contribution is -2.34. The lowest BCUT2D eigenvalue weighted by atomic mass is 9.99. The van der Waals surface area contributed by atoms with Crippen molar-refractivity contribution in [3.05, 3.63) is 65.2 Å². The minimum atomic E-state index is -0.522. The van der Waals surface area contributed by atoms with Crippen LogP contribution in [0.5, 0.6) is 5.75 Å². The quantitative estimate of drug-likeness (QED) is 0.730. The standard InChI is InChI=1S/C22H18N2O3/c1-12-21(25)24-18-11-15(8-10-19(18)27-12)23-22(26)17-9-7-14-6-5-13-3-2-4-16(17)20(13)14/h2-4,7-12H,5-6H2,1H3,(H,23,26)(H,24,25). The van der Waals surface area contributed by atoms with Gasteiger partial charge in [0.05, 0.1) is 5.69 Å². The maximum absolute atomic E-state index is 12.9. The number of anilines is 2. The van der Waals surface area contributed by atoms with Crippen LogP contribution in [0.25, 0.3) is 10.8 Å². The molecule has 0 fully saturated rings. The summed E-state index contributed by atoms with van der Waals surface area (Å²) in [6.07, 6.45) is 1.54. The Balaban J connectivity index is 1.48. The van der Waals surface area contributed by atoms with E-state index in [1.165, 1.54) is 16.5 Å². The number of aryl methyl sites for hydroxylation is 2. The number of carbonyl (C=O) groups excluding carboxylic acids is 2. The van der Waals surface area contributed by atoms with Gasteiger partial charge in [0.25, 0.3) is 11.8 Å². The SMILES string of the molecule is CC1Oc2ccc(NC(=O)c3ccc4c5c(cccc35)CC4)cc2NC1=O. The zero-order valence-electron chi connectivity index (χ0n) is 14.8. The van der Waals surface area contributed by atoms with E-state index in [9.17, 15) is 9.59 Å². The zero-order chi connectivity index (χ0) is 18.5. The highest BCUT2D eigenvalue weighted by Crippen LogP contribution is 2.34. The van der Waals surface area contributed by atoms with Crippen molar-refractivity contribution in [1.82, 2.24) is 0 Å². The van der Waals surface area contributed by atoms with Gasteiger partial charge in [0.1, 0.15) is 5.75 Å². The molecule has 2 amide bonds. The topological polar surface area (TPSA) is 67.4 Å². The molecule has 1 unspecified atom stereocenters. The molecular formula is C22H18N2O3. The smallest absolute Gasteiger partial charge is 0.265 e. The normalized spacial score (nSPS) is 17.2. The molecule has 0 saturated heterocycles. The molecule has 2 N–H and O–H groups in total. The van der Waals surface area contributed by atoms with E-state index in [1.54, 1.807) is 25.1 Å². The van der Waals surface area contributed by atoms with Crippen LogP contribution in [0.15, 0.2) is 48.5 Å². The molecule has 2 aliphatic rings. The Kier molecular flexibility index (Phi) is 3.44. The van der Waals surface area contributed by atoms with Gasteiger partial charge in [-0.25, -0.2) is 0 Å². The molecule has 3 aromatic rings. The summed E-state index contributed by atoms with van der Waals surface area (Å²) in [6, 6.07) is 15.4. The van der Waals surface area contributed by atoms with E-state index in [2.05, 4.69) is 22.8 Å². The lowest BCUT2D eigenvalue weighted by Gasteiger charge is -2.23. The molecule has 5 rings (SSSR count). The van der Waals surface area contributed by atoms with E-state index in [-0.39, 0.29) is 11.8 Å². The molecule has 0 spiro atoms. The van der Waals surface area contributed by atoms with E-state index in [1.807, 2.05) is 18.2 Å². The van der Waals surface area contributed by atoms with Crippen molar-refractivity contribution in [2.45, 2.75) is 25.9 Å². The fourth-order valence-corrected chi connectivity index (χ4v) is 3.93. The Hall–Kier alpha value is -3.34. The molecule has 5 heteroatoms. The van der Waals surface area contributed by atoms with Gasteiger partial charge in [-0.3, -0.25) is 9.59 Å². The predicted molar refractivity (Wildman–Crippen MR) is 104 cm³/mol. The molecule has 1 aliphatic heterocycles.